The van der Waals surface area contributed by atoms with E-state index in [9.17, 15) is 4.79 Å². The number of nitrogens with one attached hydrogen (secondary N) is 2. The van der Waals surface area contributed by atoms with Gasteiger partial charge in [0, 0.05) is 27.1 Å². The Bertz CT molecular complexity index is 429. The number of hydrogen-bond donors (Lipinski definition) is 2. The van der Waals surface area contributed by atoms with E-state index in [1.165, 1.54) is 0 Å². The fourth-order valence-electron chi connectivity index (χ4n) is 1.35. The van der Waals surface area contributed by atoms with Gasteiger partial charge in [-0.15, -0.1) is 0 Å². The smallest absolute Gasteiger partial charge is 0.225 e. The summed E-state index contributed by atoms with van der Waals surface area (Å²) in [6.07, 6.45) is 0.454. The van der Waals surface area contributed by atoms with E-state index < -0.39 is 0 Å². The third kappa shape index (κ3) is 6.02. The van der Waals surface area contributed by atoms with Crippen LogP contribution in [0.4, 0.5) is 5.69 Å². The lowest BCUT2D eigenvalue weighted by atomic mass is 10.1. The van der Waals surface area contributed by atoms with E-state index in [-0.39, 0.29) is 11.4 Å². The van der Waals surface area contributed by atoms with Crippen LogP contribution in [-0.2, 0) is 4.79 Å². The van der Waals surface area contributed by atoms with Gasteiger partial charge in [-0.05, 0) is 61.6 Å². The van der Waals surface area contributed by atoms with Gasteiger partial charge in [-0.2, -0.15) is 0 Å². The molecule has 3 nitrogen and oxygen atoms in total. The lowest BCUT2D eigenvalue weighted by molar-refractivity contribution is -0.116. The van der Waals surface area contributed by atoms with Crippen molar-refractivity contribution in [2.45, 2.75) is 32.7 Å². The monoisotopic (exact) mass is 380 g/mol. The van der Waals surface area contributed by atoms with E-state index in [0.717, 1.165) is 9.26 Å². The van der Waals surface area contributed by atoms with E-state index in [1.54, 1.807) is 6.07 Å². The molecule has 1 aromatic carbocycles. The average Bonchev–Trinajstić information content (AvgIpc) is 2.20. The van der Waals surface area contributed by atoms with Crippen LogP contribution < -0.4 is 10.6 Å². The number of hydrogen-bond acceptors (Lipinski definition) is 2. The van der Waals surface area contributed by atoms with Crippen LogP contribution in [-0.4, -0.2) is 18.0 Å². The normalized spacial score (nSPS) is 11.4. The maximum absolute atomic E-state index is 11.7. The fraction of sp³-hybridized carbons (Fsp3) is 0.462. The molecular weight excluding hydrogens is 363 g/mol. The first-order chi connectivity index (χ1) is 8.28. The Hall–Kier alpha value is -0.330. The Balaban J connectivity index is 2.45. The van der Waals surface area contributed by atoms with Crippen LogP contribution in [0, 0.1) is 3.57 Å². The Labute approximate surface area is 127 Å². The second-order valence-electron chi connectivity index (χ2n) is 5.10. The summed E-state index contributed by atoms with van der Waals surface area (Å²) >= 11 is 8.01. The largest absolute Gasteiger partial charge is 0.325 e. The SMILES string of the molecule is CC(C)(C)NCCC(=O)Nc1ccc(Cl)cc1I. The van der Waals surface area contributed by atoms with Crippen molar-refractivity contribution >= 4 is 45.8 Å². The Morgan fingerprint density at radius 2 is 2.06 bits per heavy atom. The van der Waals surface area contributed by atoms with Crippen molar-refractivity contribution in [3.05, 3.63) is 26.8 Å². The molecule has 5 heteroatoms. The van der Waals surface area contributed by atoms with Gasteiger partial charge in [0.2, 0.25) is 5.91 Å². The summed E-state index contributed by atoms with van der Waals surface area (Å²) in [5, 5.41) is 6.83. The molecule has 0 bridgehead atoms. The van der Waals surface area contributed by atoms with Crippen LogP contribution in [0.5, 0.6) is 0 Å². The lowest BCUT2D eigenvalue weighted by Gasteiger charge is -2.20. The molecule has 1 rings (SSSR count). The second kappa shape index (κ2) is 6.73. The van der Waals surface area contributed by atoms with Crippen LogP contribution in [0.1, 0.15) is 27.2 Å². The molecule has 18 heavy (non-hydrogen) atoms. The zero-order chi connectivity index (χ0) is 13.8. The van der Waals surface area contributed by atoms with Crippen molar-refractivity contribution in [1.82, 2.24) is 5.32 Å². The molecule has 0 saturated carbocycles. The van der Waals surface area contributed by atoms with E-state index in [2.05, 4.69) is 54.0 Å². The highest BCUT2D eigenvalue weighted by Crippen LogP contribution is 2.22. The molecule has 1 amide bonds. The summed E-state index contributed by atoms with van der Waals surface area (Å²) in [5.41, 5.74) is 0.843. The molecule has 0 unspecified atom stereocenters. The third-order valence-electron chi connectivity index (χ3n) is 2.21. The number of anilines is 1. The molecule has 0 atom stereocenters. The van der Waals surface area contributed by atoms with Crippen LogP contribution in [0.3, 0.4) is 0 Å². The maximum Gasteiger partial charge on any atom is 0.225 e. The predicted octanol–water partition coefficient (Wildman–Crippen LogP) is 3.66. The number of rotatable bonds is 4. The van der Waals surface area contributed by atoms with E-state index in [0.29, 0.717) is 18.0 Å². The number of halogens is 2. The molecule has 0 aliphatic carbocycles. The molecule has 100 valence electrons. The summed E-state index contributed by atoms with van der Waals surface area (Å²) in [4.78, 5) is 11.7. The molecule has 0 aliphatic heterocycles. The van der Waals surface area contributed by atoms with Crippen LogP contribution in [0.25, 0.3) is 0 Å². The first-order valence-electron chi connectivity index (χ1n) is 5.78. The first-order valence-corrected chi connectivity index (χ1v) is 7.23. The minimum absolute atomic E-state index is 0.00647. The van der Waals surface area contributed by atoms with Gasteiger partial charge >= 0.3 is 0 Å². The number of benzene rings is 1. The lowest BCUT2D eigenvalue weighted by Crippen LogP contribution is -2.37. The summed E-state index contributed by atoms with van der Waals surface area (Å²) in [6, 6.07) is 5.41. The molecular formula is C13H18ClIN2O. The van der Waals surface area contributed by atoms with Gasteiger partial charge < -0.3 is 10.6 Å². The fourth-order valence-corrected chi connectivity index (χ4v) is 2.36. The van der Waals surface area contributed by atoms with Gasteiger partial charge in [0.15, 0.2) is 0 Å². The molecule has 0 fully saturated rings. The van der Waals surface area contributed by atoms with Crippen molar-refractivity contribution in [2.75, 3.05) is 11.9 Å². The standard InChI is InChI=1S/C13H18ClIN2O/c1-13(2,3)16-7-6-12(18)17-11-5-4-9(14)8-10(11)15/h4-5,8,16H,6-7H2,1-3H3,(H,17,18). The van der Waals surface area contributed by atoms with Gasteiger partial charge in [0.1, 0.15) is 0 Å². The molecule has 0 saturated heterocycles. The van der Waals surface area contributed by atoms with Crippen molar-refractivity contribution < 1.29 is 4.79 Å². The van der Waals surface area contributed by atoms with Crippen LogP contribution >= 0.6 is 34.2 Å². The third-order valence-corrected chi connectivity index (χ3v) is 3.34. The highest BCUT2D eigenvalue weighted by Gasteiger charge is 2.10. The van der Waals surface area contributed by atoms with Crippen molar-refractivity contribution in [1.29, 1.82) is 0 Å². The Morgan fingerprint density at radius 3 is 2.61 bits per heavy atom. The molecule has 0 radical (unpaired) electrons. The second-order valence-corrected chi connectivity index (χ2v) is 6.70. The average molecular weight is 381 g/mol. The summed E-state index contributed by atoms with van der Waals surface area (Å²) < 4.78 is 0.942. The zero-order valence-corrected chi connectivity index (χ0v) is 13.7. The van der Waals surface area contributed by atoms with Gasteiger partial charge in [0.05, 0.1) is 5.69 Å². The molecule has 0 aliphatic rings. The van der Waals surface area contributed by atoms with E-state index >= 15 is 0 Å². The zero-order valence-electron chi connectivity index (χ0n) is 10.8. The summed E-state index contributed by atoms with van der Waals surface area (Å²) in [7, 11) is 0. The topological polar surface area (TPSA) is 41.1 Å². The van der Waals surface area contributed by atoms with Gasteiger partial charge in [-0.25, -0.2) is 0 Å². The minimum atomic E-state index is 0.00647. The highest BCUT2D eigenvalue weighted by molar-refractivity contribution is 14.1. The van der Waals surface area contributed by atoms with Crippen molar-refractivity contribution in [2.24, 2.45) is 0 Å². The molecule has 0 spiro atoms. The summed E-state index contributed by atoms with van der Waals surface area (Å²) in [5.74, 6) is 0.00647. The van der Waals surface area contributed by atoms with Gasteiger partial charge in [-0.3, -0.25) is 4.79 Å². The number of amides is 1. The highest BCUT2D eigenvalue weighted by atomic mass is 127. The molecule has 2 N–H and O–H groups in total. The van der Waals surface area contributed by atoms with Crippen LogP contribution in [0.2, 0.25) is 5.02 Å². The maximum atomic E-state index is 11.7. The number of carbonyl (C=O) groups excluding carboxylic acids is 1. The minimum Gasteiger partial charge on any atom is -0.325 e. The molecule has 0 heterocycles. The van der Waals surface area contributed by atoms with Crippen LogP contribution in [0.15, 0.2) is 18.2 Å². The van der Waals surface area contributed by atoms with Gasteiger partial charge in [-0.1, -0.05) is 11.6 Å². The number of carbonyl (C=O) groups is 1. The van der Waals surface area contributed by atoms with E-state index in [1.807, 2.05) is 12.1 Å². The Kier molecular flexibility index (Phi) is 5.88. The molecule has 1 aromatic rings. The Morgan fingerprint density at radius 1 is 1.39 bits per heavy atom. The van der Waals surface area contributed by atoms with E-state index in [4.69, 9.17) is 11.6 Å². The quantitative estimate of drug-likeness (QED) is 0.783. The van der Waals surface area contributed by atoms with Crippen molar-refractivity contribution in [3.63, 3.8) is 0 Å². The van der Waals surface area contributed by atoms with Crippen molar-refractivity contribution in [3.8, 4) is 0 Å². The summed E-state index contributed by atoms with van der Waals surface area (Å²) in [6.45, 7) is 6.90. The predicted molar refractivity (Wildman–Crippen MR) is 85.2 cm³/mol. The molecule has 0 aromatic heterocycles. The first kappa shape index (κ1) is 15.7. The van der Waals surface area contributed by atoms with Gasteiger partial charge in [0.25, 0.3) is 0 Å².